The molecule has 0 aliphatic carbocycles. The third kappa shape index (κ3) is 3.70. The SMILES string of the molecule is O=Cc1ccc(OCCN2CCNCC2)cc1Cl. The van der Waals surface area contributed by atoms with Crippen LogP contribution >= 0.6 is 11.6 Å². The average Bonchev–Trinajstić information content (AvgIpc) is 2.40. The molecule has 5 heteroatoms. The quantitative estimate of drug-likeness (QED) is 0.821. The van der Waals surface area contributed by atoms with Gasteiger partial charge in [0.15, 0.2) is 6.29 Å². The van der Waals surface area contributed by atoms with Crippen LogP contribution in [0.15, 0.2) is 18.2 Å². The smallest absolute Gasteiger partial charge is 0.151 e. The highest BCUT2D eigenvalue weighted by molar-refractivity contribution is 6.33. The predicted octanol–water partition coefficient (Wildman–Crippen LogP) is 1.44. The zero-order valence-electron chi connectivity index (χ0n) is 10.2. The Balaban J connectivity index is 1.79. The van der Waals surface area contributed by atoms with Gasteiger partial charge in [-0.25, -0.2) is 0 Å². The highest BCUT2D eigenvalue weighted by Gasteiger charge is 2.09. The molecule has 0 saturated carbocycles. The first-order valence-electron chi connectivity index (χ1n) is 6.10. The molecule has 1 heterocycles. The Bertz CT molecular complexity index is 406. The molecule has 2 rings (SSSR count). The minimum Gasteiger partial charge on any atom is -0.492 e. The fraction of sp³-hybridized carbons (Fsp3) is 0.462. The predicted molar refractivity (Wildman–Crippen MR) is 71.6 cm³/mol. The van der Waals surface area contributed by atoms with Crippen molar-refractivity contribution in [3.63, 3.8) is 0 Å². The Hall–Kier alpha value is -1.10. The monoisotopic (exact) mass is 268 g/mol. The van der Waals surface area contributed by atoms with Crippen molar-refractivity contribution in [3.8, 4) is 5.75 Å². The molecule has 0 aromatic heterocycles. The van der Waals surface area contributed by atoms with E-state index in [9.17, 15) is 4.79 Å². The number of carbonyl (C=O) groups is 1. The Labute approximate surface area is 112 Å². The molecular weight excluding hydrogens is 252 g/mol. The summed E-state index contributed by atoms with van der Waals surface area (Å²) in [4.78, 5) is 13.0. The summed E-state index contributed by atoms with van der Waals surface area (Å²) in [5.74, 6) is 0.709. The maximum absolute atomic E-state index is 10.6. The second-order valence-electron chi connectivity index (χ2n) is 4.24. The maximum atomic E-state index is 10.6. The van der Waals surface area contributed by atoms with Crippen molar-refractivity contribution in [1.29, 1.82) is 0 Å². The van der Waals surface area contributed by atoms with Crippen molar-refractivity contribution in [2.75, 3.05) is 39.3 Å². The first-order valence-corrected chi connectivity index (χ1v) is 6.48. The highest BCUT2D eigenvalue weighted by Crippen LogP contribution is 2.21. The summed E-state index contributed by atoms with van der Waals surface area (Å²) in [6.07, 6.45) is 0.743. The molecule has 98 valence electrons. The maximum Gasteiger partial charge on any atom is 0.151 e. The van der Waals surface area contributed by atoms with Crippen LogP contribution in [0.5, 0.6) is 5.75 Å². The molecule has 0 amide bonds. The molecule has 1 aromatic rings. The van der Waals surface area contributed by atoms with Crippen molar-refractivity contribution < 1.29 is 9.53 Å². The zero-order chi connectivity index (χ0) is 12.8. The number of halogens is 1. The van der Waals surface area contributed by atoms with Gasteiger partial charge in [-0.3, -0.25) is 9.69 Å². The summed E-state index contributed by atoms with van der Waals surface area (Å²) in [5.41, 5.74) is 0.492. The molecule has 4 nitrogen and oxygen atoms in total. The number of aldehydes is 1. The number of carbonyl (C=O) groups excluding carboxylic acids is 1. The molecule has 1 saturated heterocycles. The van der Waals surface area contributed by atoms with E-state index in [1.807, 2.05) is 0 Å². The topological polar surface area (TPSA) is 41.6 Å². The van der Waals surface area contributed by atoms with Crippen LogP contribution in [0, 0.1) is 0 Å². The van der Waals surface area contributed by atoms with Crippen LogP contribution in [0.1, 0.15) is 10.4 Å². The molecule has 0 unspecified atom stereocenters. The van der Waals surface area contributed by atoms with Gasteiger partial charge in [0.05, 0.1) is 5.02 Å². The van der Waals surface area contributed by atoms with E-state index in [1.54, 1.807) is 18.2 Å². The summed E-state index contributed by atoms with van der Waals surface area (Å²) in [6, 6.07) is 5.13. The Morgan fingerprint density at radius 1 is 1.39 bits per heavy atom. The van der Waals surface area contributed by atoms with Crippen LogP contribution in [0.2, 0.25) is 5.02 Å². The lowest BCUT2D eigenvalue weighted by molar-refractivity contribution is 0.112. The normalized spacial score (nSPS) is 16.5. The van der Waals surface area contributed by atoms with Crippen molar-refractivity contribution in [2.45, 2.75) is 0 Å². The minimum atomic E-state index is 0.435. The lowest BCUT2D eigenvalue weighted by atomic mass is 10.2. The third-order valence-corrected chi connectivity index (χ3v) is 3.31. The van der Waals surface area contributed by atoms with Gasteiger partial charge in [-0.2, -0.15) is 0 Å². The van der Waals surface area contributed by atoms with Crippen LogP contribution in [0.4, 0.5) is 0 Å². The molecule has 0 radical (unpaired) electrons. The van der Waals surface area contributed by atoms with Crippen LogP contribution in [-0.2, 0) is 0 Å². The molecule has 1 aromatic carbocycles. The Kier molecular flexibility index (Phi) is 4.99. The van der Waals surface area contributed by atoms with Crippen molar-refractivity contribution >= 4 is 17.9 Å². The summed E-state index contributed by atoms with van der Waals surface area (Å²) in [6.45, 7) is 5.76. The largest absolute Gasteiger partial charge is 0.492 e. The highest BCUT2D eigenvalue weighted by atomic mass is 35.5. The van der Waals surface area contributed by atoms with E-state index in [4.69, 9.17) is 16.3 Å². The number of hydrogen-bond donors (Lipinski definition) is 1. The van der Waals surface area contributed by atoms with E-state index in [0.29, 0.717) is 22.9 Å². The van der Waals surface area contributed by atoms with Crippen molar-refractivity contribution in [1.82, 2.24) is 10.2 Å². The summed E-state index contributed by atoms with van der Waals surface area (Å²) in [7, 11) is 0. The van der Waals surface area contributed by atoms with Crippen molar-refractivity contribution in [3.05, 3.63) is 28.8 Å². The van der Waals surface area contributed by atoms with Gasteiger partial charge in [-0.05, 0) is 18.2 Å². The van der Waals surface area contributed by atoms with E-state index in [-0.39, 0.29) is 0 Å². The van der Waals surface area contributed by atoms with E-state index in [0.717, 1.165) is 39.0 Å². The lowest BCUT2D eigenvalue weighted by Crippen LogP contribution is -2.44. The Morgan fingerprint density at radius 2 is 2.17 bits per heavy atom. The molecule has 1 fully saturated rings. The average molecular weight is 269 g/mol. The number of ether oxygens (including phenoxy) is 1. The molecule has 1 aliphatic heterocycles. The third-order valence-electron chi connectivity index (χ3n) is 2.98. The van der Waals surface area contributed by atoms with Crippen molar-refractivity contribution in [2.24, 2.45) is 0 Å². The molecule has 1 aliphatic rings. The van der Waals surface area contributed by atoms with Gasteiger partial charge in [0.1, 0.15) is 12.4 Å². The first kappa shape index (κ1) is 13.3. The van der Waals surface area contributed by atoms with Crippen LogP contribution < -0.4 is 10.1 Å². The fourth-order valence-electron chi connectivity index (χ4n) is 1.92. The molecule has 0 bridgehead atoms. The number of nitrogens with zero attached hydrogens (tertiary/aromatic N) is 1. The van der Waals surface area contributed by atoms with Gasteiger partial charge in [0, 0.05) is 38.3 Å². The summed E-state index contributed by atoms with van der Waals surface area (Å²) in [5, 5.41) is 3.74. The zero-order valence-corrected chi connectivity index (χ0v) is 10.9. The van der Waals surface area contributed by atoms with Gasteiger partial charge < -0.3 is 10.1 Å². The summed E-state index contributed by atoms with van der Waals surface area (Å²) >= 11 is 5.93. The van der Waals surface area contributed by atoms with E-state index in [1.165, 1.54) is 0 Å². The lowest BCUT2D eigenvalue weighted by Gasteiger charge is -2.26. The molecule has 0 atom stereocenters. The minimum absolute atomic E-state index is 0.435. The van der Waals surface area contributed by atoms with Gasteiger partial charge in [-0.1, -0.05) is 11.6 Å². The second-order valence-corrected chi connectivity index (χ2v) is 4.65. The number of nitrogens with one attached hydrogen (secondary N) is 1. The van der Waals surface area contributed by atoms with Gasteiger partial charge in [-0.15, -0.1) is 0 Å². The molecule has 0 spiro atoms. The number of benzene rings is 1. The number of rotatable bonds is 5. The van der Waals surface area contributed by atoms with Gasteiger partial charge >= 0.3 is 0 Å². The number of hydrogen-bond acceptors (Lipinski definition) is 4. The van der Waals surface area contributed by atoms with E-state index < -0.39 is 0 Å². The molecule has 1 N–H and O–H groups in total. The second kappa shape index (κ2) is 6.73. The molecular formula is C13H17ClN2O2. The van der Waals surface area contributed by atoms with Gasteiger partial charge in [0.2, 0.25) is 0 Å². The van der Waals surface area contributed by atoms with Crippen LogP contribution in [-0.4, -0.2) is 50.5 Å². The first-order chi connectivity index (χ1) is 8.79. The molecule has 18 heavy (non-hydrogen) atoms. The van der Waals surface area contributed by atoms with Crippen LogP contribution in [0.25, 0.3) is 0 Å². The van der Waals surface area contributed by atoms with Crippen LogP contribution in [0.3, 0.4) is 0 Å². The van der Waals surface area contributed by atoms with E-state index in [2.05, 4.69) is 10.2 Å². The van der Waals surface area contributed by atoms with Gasteiger partial charge in [0.25, 0.3) is 0 Å². The number of piperazine rings is 1. The fourth-order valence-corrected chi connectivity index (χ4v) is 2.14. The standard InChI is InChI=1S/C13H17ClN2O2/c14-13-9-12(2-1-11(13)10-17)18-8-7-16-5-3-15-4-6-16/h1-2,9-10,15H,3-8H2. The van der Waals surface area contributed by atoms with E-state index >= 15 is 0 Å². The summed E-state index contributed by atoms with van der Waals surface area (Å²) < 4.78 is 5.63. The Morgan fingerprint density at radius 3 is 2.83 bits per heavy atom.